The van der Waals surface area contributed by atoms with Crippen LogP contribution >= 0.6 is 12.2 Å². The first-order chi connectivity index (χ1) is 15.3. The molecule has 9 heteroatoms. The van der Waals surface area contributed by atoms with Crippen LogP contribution in [0.4, 0.5) is 0 Å². The highest BCUT2D eigenvalue weighted by atomic mass is 32.1. The van der Waals surface area contributed by atoms with Gasteiger partial charge in [-0.2, -0.15) is 0 Å². The van der Waals surface area contributed by atoms with Gasteiger partial charge < -0.3 is 10.1 Å². The van der Waals surface area contributed by atoms with Crippen molar-refractivity contribution in [1.29, 1.82) is 0 Å². The molecule has 0 saturated heterocycles. The van der Waals surface area contributed by atoms with E-state index in [4.69, 9.17) is 17.0 Å². The molecule has 0 atom stereocenters. The quantitative estimate of drug-likeness (QED) is 0.341. The third-order valence-corrected chi connectivity index (χ3v) is 4.34. The van der Waals surface area contributed by atoms with Crippen molar-refractivity contribution in [2.75, 3.05) is 6.61 Å². The van der Waals surface area contributed by atoms with Gasteiger partial charge in [-0.15, -0.1) is 0 Å². The maximum Gasteiger partial charge on any atom is 0.257 e. The van der Waals surface area contributed by atoms with Crippen LogP contribution in [-0.2, 0) is 16.1 Å². The lowest BCUT2D eigenvalue weighted by Gasteiger charge is -2.12. The van der Waals surface area contributed by atoms with E-state index in [1.165, 1.54) is 0 Å². The van der Waals surface area contributed by atoms with Gasteiger partial charge in [-0.1, -0.05) is 50.2 Å². The normalized spacial score (nSPS) is 10.2. The minimum Gasteiger partial charge on any atom is -0.493 e. The topological polar surface area (TPSA) is 109 Å². The van der Waals surface area contributed by atoms with Crippen LogP contribution in [-0.4, -0.2) is 29.4 Å². The molecule has 0 spiro atoms. The number of hydrogen-bond acceptors (Lipinski definition) is 5. The molecule has 0 saturated carbocycles. The van der Waals surface area contributed by atoms with E-state index in [1.54, 1.807) is 24.3 Å². The molecule has 0 unspecified atom stereocenters. The first-order valence-electron chi connectivity index (χ1n) is 10.3. The van der Waals surface area contributed by atoms with Gasteiger partial charge in [0.15, 0.2) is 5.11 Å². The Bertz CT molecular complexity index is 935. The fourth-order valence-electron chi connectivity index (χ4n) is 2.50. The fourth-order valence-corrected chi connectivity index (χ4v) is 2.64. The molecule has 2 aromatic rings. The number of hydrogen-bond donors (Lipinski definition) is 4. The van der Waals surface area contributed by atoms with Crippen LogP contribution in [0.3, 0.4) is 0 Å². The van der Waals surface area contributed by atoms with Crippen molar-refractivity contribution in [3.05, 3.63) is 65.7 Å². The van der Waals surface area contributed by atoms with E-state index in [2.05, 4.69) is 21.5 Å². The van der Waals surface area contributed by atoms with Crippen LogP contribution in [0.25, 0.3) is 0 Å². The maximum absolute atomic E-state index is 12.3. The van der Waals surface area contributed by atoms with E-state index in [-0.39, 0.29) is 23.9 Å². The third-order valence-electron chi connectivity index (χ3n) is 4.13. The highest BCUT2D eigenvalue weighted by molar-refractivity contribution is 7.80. The summed E-state index contributed by atoms with van der Waals surface area (Å²) in [4.78, 5) is 36.1. The minimum atomic E-state index is -0.438. The summed E-state index contributed by atoms with van der Waals surface area (Å²) in [5.74, 6) is -0.154. The third kappa shape index (κ3) is 9.57. The minimum absolute atomic E-state index is 0.0284. The SMILES string of the molecule is CC(C)COc1cccc(C(=O)NC(=S)NNC(=O)CCC(=O)NCc2ccccc2)c1. The first kappa shape index (κ1) is 24.8. The molecule has 2 aromatic carbocycles. The molecule has 0 aliphatic heterocycles. The summed E-state index contributed by atoms with van der Waals surface area (Å²) < 4.78 is 5.61. The molecule has 4 N–H and O–H groups in total. The molecule has 0 aromatic heterocycles. The molecule has 0 heterocycles. The van der Waals surface area contributed by atoms with Crippen LogP contribution in [0, 0.1) is 5.92 Å². The van der Waals surface area contributed by atoms with E-state index in [1.807, 2.05) is 44.2 Å². The van der Waals surface area contributed by atoms with Gasteiger partial charge in [0.1, 0.15) is 5.75 Å². The number of rotatable bonds is 9. The van der Waals surface area contributed by atoms with Crippen LogP contribution in [0.2, 0.25) is 0 Å². The summed E-state index contributed by atoms with van der Waals surface area (Å²) >= 11 is 5.03. The maximum atomic E-state index is 12.3. The lowest BCUT2D eigenvalue weighted by atomic mass is 10.2. The van der Waals surface area contributed by atoms with Crippen molar-refractivity contribution in [1.82, 2.24) is 21.5 Å². The van der Waals surface area contributed by atoms with Crippen LogP contribution in [0.5, 0.6) is 5.75 Å². The smallest absolute Gasteiger partial charge is 0.257 e. The van der Waals surface area contributed by atoms with Crippen molar-refractivity contribution in [2.24, 2.45) is 5.92 Å². The van der Waals surface area contributed by atoms with Gasteiger partial charge in [-0.05, 0) is 41.9 Å². The second kappa shape index (κ2) is 13.1. The zero-order valence-corrected chi connectivity index (χ0v) is 19.0. The first-order valence-corrected chi connectivity index (χ1v) is 10.7. The molecular formula is C23H28N4O4S. The Morgan fingerprint density at radius 2 is 1.66 bits per heavy atom. The highest BCUT2D eigenvalue weighted by Crippen LogP contribution is 2.14. The molecule has 170 valence electrons. The van der Waals surface area contributed by atoms with Crippen molar-refractivity contribution >= 4 is 35.1 Å². The number of hydrazine groups is 1. The van der Waals surface area contributed by atoms with E-state index in [9.17, 15) is 14.4 Å². The van der Waals surface area contributed by atoms with Gasteiger partial charge >= 0.3 is 0 Å². The second-order valence-corrected chi connectivity index (χ2v) is 7.86. The molecule has 8 nitrogen and oxygen atoms in total. The number of thiocarbonyl (C=S) groups is 1. The number of carbonyl (C=O) groups is 3. The Kier molecular flexibility index (Phi) is 10.1. The standard InChI is InChI=1S/C23H28N4O4S/c1-16(2)15-31-19-10-6-9-18(13-19)22(30)25-23(32)27-26-21(29)12-11-20(28)24-14-17-7-4-3-5-8-17/h3-10,13,16H,11-12,14-15H2,1-2H3,(H,24,28)(H,26,29)(H2,25,27,30,32). The van der Waals surface area contributed by atoms with E-state index >= 15 is 0 Å². The predicted octanol–water partition coefficient (Wildman–Crippen LogP) is 2.45. The zero-order chi connectivity index (χ0) is 23.3. The molecular weight excluding hydrogens is 428 g/mol. The van der Waals surface area contributed by atoms with Crippen molar-refractivity contribution < 1.29 is 19.1 Å². The lowest BCUT2D eigenvalue weighted by molar-refractivity contribution is -0.126. The molecule has 32 heavy (non-hydrogen) atoms. The molecule has 0 radical (unpaired) electrons. The Balaban J connectivity index is 1.67. The van der Waals surface area contributed by atoms with E-state index in [0.29, 0.717) is 30.4 Å². The summed E-state index contributed by atoms with van der Waals surface area (Å²) in [6, 6.07) is 16.2. The van der Waals surface area contributed by atoms with Gasteiger partial charge in [0.05, 0.1) is 6.61 Å². The molecule has 0 bridgehead atoms. The average molecular weight is 457 g/mol. The number of benzene rings is 2. The van der Waals surface area contributed by atoms with Crippen molar-refractivity contribution in [3.8, 4) is 5.75 Å². The molecule has 0 aliphatic rings. The van der Waals surface area contributed by atoms with Crippen molar-refractivity contribution in [3.63, 3.8) is 0 Å². The number of nitrogens with one attached hydrogen (secondary N) is 4. The monoisotopic (exact) mass is 456 g/mol. The average Bonchev–Trinajstić information content (AvgIpc) is 2.79. The van der Waals surface area contributed by atoms with Gasteiger partial charge in [-0.25, -0.2) is 0 Å². The van der Waals surface area contributed by atoms with Gasteiger partial charge in [0.25, 0.3) is 5.91 Å². The fraction of sp³-hybridized carbons (Fsp3) is 0.304. The number of amides is 3. The van der Waals surface area contributed by atoms with Crippen LogP contribution < -0.4 is 26.2 Å². The Morgan fingerprint density at radius 1 is 0.938 bits per heavy atom. The molecule has 0 fully saturated rings. The molecule has 3 amide bonds. The number of ether oxygens (including phenoxy) is 1. The van der Waals surface area contributed by atoms with Gasteiger partial charge in [-0.3, -0.25) is 30.6 Å². The summed E-state index contributed by atoms with van der Waals surface area (Å²) in [7, 11) is 0. The predicted molar refractivity (Wildman–Crippen MR) is 126 cm³/mol. The Morgan fingerprint density at radius 3 is 2.38 bits per heavy atom. The summed E-state index contributed by atoms with van der Waals surface area (Å²) in [6.07, 6.45) is 0.00204. The largest absolute Gasteiger partial charge is 0.493 e. The Labute approximate surface area is 193 Å². The summed E-state index contributed by atoms with van der Waals surface area (Å²) in [5.41, 5.74) is 6.17. The van der Waals surface area contributed by atoms with Crippen LogP contribution in [0.15, 0.2) is 54.6 Å². The van der Waals surface area contributed by atoms with Crippen molar-refractivity contribution in [2.45, 2.75) is 33.2 Å². The summed E-state index contributed by atoms with van der Waals surface area (Å²) in [5, 5.41) is 5.17. The summed E-state index contributed by atoms with van der Waals surface area (Å²) in [6.45, 7) is 5.01. The van der Waals surface area contributed by atoms with E-state index in [0.717, 1.165) is 5.56 Å². The molecule has 2 rings (SSSR count). The van der Waals surface area contributed by atoms with E-state index < -0.39 is 11.8 Å². The lowest BCUT2D eigenvalue weighted by Crippen LogP contribution is -2.48. The van der Waals surface area contributed by atoms with Gasteiger partial charge in [0.2, 0.25) is 11.8 Å². The van der Waals surface area contributed by atoms with Crippen LogP contribution in [0.1, 0.15) is 42.6 Å². The second-order valence-electron chi connectivity index (χ2n) is 7.45. The zero-order valence-electron chi connectivity index (χ0n) is 18.1. The molecule has 0 aliphatic carbocycles. The Hall–Kier alpha value is -3.46. The van der Waals surface area contributed by atoms with Gasteiger partial charge in [0, 0.05) is 24.9 Å². The number of carbonyl (C=O) groups excluding carboxylic acids is 3. The highest BCUT2D eigenvalue weighted by Gasteiger charge is 2.11.